The third-order valence-electron chi connectivity index (χ3n) is 0.577. The minimum atomic E-state index is 0. The molecule has 2 heteroatoms. The molecule has 0 saturated heterocycles. The maximum atomic E-state index is 3.69. The first kappa shape index (κ1) is 17.3. The van der Waals surface area contributed by atoms with Gasteiger partial charge in [-0.3, -0.25) is 0 Å². The van der Waals surface area contributed by atoms with Crippen LogP contribution in [0.4, 0.5) is 0 Å². The maximum Gasteiger partial charge on any atom is 1.00 e. The van der Waals surface area contributed by atoms with Crippen LogP contribution in [0.1, 0.15) is 20.3 Å². The summed E-state index contributed by atoms with van der Waals surface area (Å²) in [5.41, 5.74) is 0. The van der Waals surface area contributed by atoms with Gasteiger partial charge in [-0.25, -0.2) is 0 Å². The van der Waals surface area contributed by atoms with Crippen molar-refractivity contribution in [2.45, 2.75) is 20.3 Å². The fourth-order valence-corrected chi connectivity index (χ4v) is 0. The Morgan fingerprint density at radius 3 is 1.30 bits per heavy atom. The molecule has 0 radical (unpaired) electrons. The van der Waals surface area contributed by atoms with Crippen LogP contribution in [0.2, 0.25) is 0 Å². The molecular formula is C8H21AuP+. The molecule has 0 aromatic carbocycles. The van der Waals surface area contributed by atoms with Crippen molar-refractivity contribution in [2.24, 2.45) is 5.92 Å². The Kier molecular flexibility index (Phi) is 22.2. The molecule has 0 amide bonds. The van der Waals surface area contributed by atoms with E-state index in [1.165, 1.54) is 0 Å². The molecule has 0 unspecified atom stereocenters. The Morgan fingerprint density at radius 2 is 1.30 bits per heavy atom. The van der Waals surface area contributed by atoms with Gasteiger partial charge in [-0.1, -0.05) is 19.8 Å². The van der Waals surface area contributed by atoms with Gasteiger partial charge in [0.05, 0.1) is 0 Å². The number of hydrogen-bond donors (Lipinski definition) is 0. The molecule has 0 fully saturated rings. The minimum absolute atomic E-state index is 0. The normalized spacial score (nSPS) is 8.40. The standard InChI is InChI=1S/C5H11.C3H9P.Au/c1-4-5(2)3;1-4(2)3;/h5H,1,4H2,2-3H3;1-3H3;/q-1;;+1/p+1. The van der Waals surface area contributed by atoms with E-state index in [0.29, 0.717) is 0 Å². The molecule has 10 heavy (non-hydrogen) atoms. The molecule has 0 aliphatic carbocycles. The summed E-state index contributed by atoms with van der Waals surface area (Å²) in [4.78, 5) is 0. The first-order valence-corrected chi connectivity index (χ1v) is 6.56. The molecule has 0 heterocycles. The second-order valence-corrected chi connectivity index (χ2v) is 6.18. The van der Waals surface area contributed by atoms with Gasteiger partial charge in [0.15, 0.2) is 0 Å². The van der Waals surface area contributed by atoms with Crippen molar-refractivity contribution < 1.29 is 22.4 Å². The van der Waals surface area contributed by atoms with Gasteiger partial charge >= 0.3 is 22.4 Å². The largest absolute Gasteiger partial charge is 1.00 e. The van der Waals surface area contributed by atoms with Crippen molar-refractivity contribution in [3.63, 3.8) is 0 Å². The zero-order valence-corrected chi connectivity index (χ0v) is 11.0. The molecule has 0 rings (SSSR count). The average Bonchev–Trinajstić information content (AvgIpc) is 1.65. The molecule has 0 aromatic heterocycles. The summed E-state index contributed by atoms with van der Waals surface area (Å²) in [6.45, 7) is 14.8. The molecule has 0 atom stereocenters. The molecule has 68 valence electrons. The van der Waals surface area contributed by atoms with E-state index in [0.717, 1.165) is 12.3 Å². The monoisotopic (exact) mass is 345 g/mol. The fourth-order valence-electron chi connectivity index (χ4n) is 0. The van der Waals surface area contributed by atoms with Crippen molar-refractivity contribution in [1.29, 1.82) is 0 Å². The van der Waals surface area contributed by atoms with Gasteiger partial charge < -0.3 is 6.92 Å². The van der Waals surface area contributed by atoms with E-state index in [2.05, 4.69) is 40.8 Å². The Balaban J connectivity index is -0.0000000910. The molecule has 0 N–H and O–H groups in total. The Morgan fingerprint density at radius 1 is 1.20 bits per heavy atom. The molecule has 0 aliphatic heterocycles. The molecule has 0 bridgehead atoms. The van der Waals surface area contributed by atoms with Crippen molar-refractivity contribution in [3.8, 4) is 0 Å². The topological polar surface area (TPSA) is 0 Å². The SMILES string of the molecule is C[PH+](C)C.[Au+].[CH2-]CC(C)C. The quantitative estimate of drug-likeness (QED) is 0.389. The predicted octanol–water partition coefficient (Wildman–Crippen LogP) is 2.95. The Bertz CT molecular complexity index is 41.8. The van der Waals surface area contributed by atoms with E-state index >= 15 is 0 Å². The third kappa shape index (κ3) is 60.9. The summed E-state index contributed by atoms with van der Waals surface area (Å²) < 4.78 is 0. The Hall–Kier alpha value is 1.17. The molecule has 0 saturated carbocycles. The molecular weight excluding hydrogens is 324 g/mol. The number of hydrogen-bond acceptors (Lipinski definition) is 0. The van der Waals surface area contributed by atoms with Crippen LogP contribution >= 0.6 is 7.92 Å². The van der Waals surface area contributed by atoms with Gasteiger partial charge in [0.1, 0.15) is 0 Å². The van der Waals surface area contributed by atoms with Gasteiger partial charge in [-0.15, -0.1) is 0 Å². The van der Waals surface area contributed by atoms with E-state index in [1.54, 1.807) is 0 Å². The van der Waals surface area contributed by atoms with E-state index in [-0.39, 0.29) is 30.3 Å². The van der Waals surface area contributed by atoms with Crippen LogP contribution in [0.3, 0.4) is 0 Å². The summed E-state index contributed by atoms with van der Waals surface area (Å²) in [5.74, 6) is 0.773. The van der Waals surface area contributed by atoms with E-state index in [4.69, 9.17) is 0 Å². The van der Waals surface area contributed by atoms with E-state index in [1.807, 2.05) is 0 Å². The summed E-state index contributed by atoms with van der Waals surface area (Å²) in [6.07, 6.45) is 1.06. The van der Waals surface area contributed by atoms with Crippen LogP contribution in [0.25, 0.3) is 0 Å². The first-order chi connectivity index (χ1) is 4.00. The summed E-state index contributed by atoms with van der Waals surface area (Å²) in [7, 11) is 0.120. The van der Waals surface area contributed by atoms with E-state index < -0.39 is 0 Å². The van der Waals surface area contributed by atoms with Crippen LogP contribution in [-0.2, 0) is 22.4 Å². The van der Waals surface area contributed by atoms with Crippen LogP contribution in [0, 0.1) is 12.8 Å². The van der Waals surface area contributed by atoms with Gasteiger partial charge in [-0.2, -0.15) is 6.42 Å². The van der Waals surface area contributed by atoms with Crippen molar-refractivity contribution in [3.05, 3.63) is 6.92 Å². The second kappa shape index (κ2) is 12.8. The summed E-state index contributed by atoms with van der Waals surface area (Å²) in [6, 6.07) is 0. The predicted molar refractivity (Wildman–Crippen MR) is 50.9 cm³/mol. The van der Waals surface area contributed by atoms with Crippen molar-refractivity contribution in [1.82, 2.24) is 0 Å². The van der Waals surface area contributed by atoms with Crippen LogP contribution in [-0.4, -0.2) is 20.0 Å². The zero-order chi connectivity index (χ0) is 7.86. The zero-order valence-electron chi connectivity index (χ0n) is 7.79. The average molecular weight is 345 g/mol. The molecule has 0 aromatic rings. The maximum absolute atomic E-state index is 3.69. The molecule has 0 spiro atoms. The van der Waals surface area contributed by atoms with Crippen LogP contribution in [0.5, 0.6) is 0 Å². The first-order valence-electron chi connectivity index (χ1n) is 3.56. The Labute approximate surface area is 83.4 Å². The van der Waals surface area contributed by atoms with Crippen LogP contribution < -0.4 is 0 Å². The van der Waals surface area contributed by atoms with E-state index in [9.17, 15) is 0 Å². The van der Waals surface area contributed by atoms with Gasteiger partial charge in [-0.05, 0) is 7.92 Å². The molecule has 0 nitrogen and oxygen atoms in total. The summed E-state index contributed by atoms with van der Waals surface area (Å²) in [5, 5.41) is 0. The van der Waals surface area contributed by atoms with Crippen molar-refractivity contribution in [2.75, 3.05) is 20.0 Å². The molecule has 0 aliphatic rings. The second-order valence-electron chi connectivity index (χ2n) is 3.18. The van der Waals surface area contributed by atoms with Gasteiger partial charge in [0, 0.05) is 20.0 Å². The van der Waals surface area contributed by atoms with Crippen LogP contribution in [0.15, 0.2) is 0 Å². The van der Waals surface area contributed by atoms with Gasteiger partial charge in [0.2, 0.25) is 0 Å². The summed E-state index contributed by atoms with van der Waals surface area (Å²) >= 11 is 0. The smallest absolute Gasteiger partial charge is 0.343 e. The number of rotatable bonds is 1. The van der Waals surface area contributed by atoms with Gasteiger partial charge in [0.25, 0.3) is 0 Å². The minimum Gasteiger partial charge on any atom is -0.343 e. The third-order valence-corrected chi connectivity index (χ3v) is 0.577. The fraction of sp³-hybridized carbons (Fsp3) is 0.875. The van der Waals surface area contributed by atoms with Crippen molar-refractivity contribution >= 4 is 7.92 Å².